The largest absolute Gasteiger partial charge is 0.444 e. The van der Waals surface area contributed by atoms with Gasteiger partial charge in [-0.1, -0.05) is 30.3 Å². The number of oxazole rings is 1. The topological polar surface area (TPSA) is 103 Å². The molecular weight excluding hydrogens is 378 g/mol. The molecule has 1 heterocycles. The van der Waals surface area contributed by atoms with Crippen molar-refractivity contribution in [2.75, 3.05) is 12.4 Å². The summed E-state index contributed by atoms with van der Waals surface area (Å²) in [7, 11) is 1.69. The molecule has 0 saturated heterocycles. The molecule has 3 rings (SSSR count). The number of nitrogens with one attached hydrogen (secondary N) is 3. The Balaban J connectivity index is 1.54. The van der Waals surface area contributed by atoms with Crippen molar-refractivity contribution in [2.45, 2.75) is 13.0 Å². The van der Waals surface area contributed by atoms with Gasteiger partial charge in [0.25, 0.3) is 0 Å². The lowest BCUT2D eigenvalue weighted by Crippen LogP contribution is -2.40. The lowest BCUT2D eigenvalue weighted by Gasteiger charge is -2.15. The average Bonchev–Trinajstić information content (AvgIpc) is 3.30. The molecule has 0 saturated carbocycles. The molecule has 1 atom stereocenters. The third kappa shape index (κ3) is 5.51. The van der Waals surface area contributed by atoms with Crippen molar-refractivity contribution in [1.29, 1.82) is 5.41 Å². The van der Waals surface area contributed by atoms with E-state index in [1.54, 1.807) is 26.2 Å². The first-order chi connectivity index (χ1) is 14.6. The van der Waals surface area contributed by atoms with Crippen LogP contribution in [0.25, 0.3) is 11.3 Å². The van der Waals surface area contributed by atoms with Crippen LogP contribution in [0.2, 0.25) is 0 Å². The zero-order chi connectivity index (χ0) is 21.3. The SMILES string of the molecule is C/N=C(\C=C/C(=N)NC(=O)C(C)Nc1ccc(-c2cnco2)cc1)c1ccccc1. The summed E-state index contributed by atoms with van der Waals surface area (Å²) in [4.78, 5) is 20.5. The first kappa shape index (κ1) is 20.7. The maximum Gasteiger partial charge on any atom is 0.247 e. The van der Waals surface area contributed by atoms with Crippen LogP contribution in [0.5, 0.6) is 0 Å². The number of allylic oxidation sites excluding steroid dienone is 1. The standard InChI is InChI=1S/C23H23N5O2/c1-16(27-19-10-8-18(9-11-19)21-14-26-15-30-21)23(29)28-22(24)13-12-20(25-2)17-6-4-3-5-7-17/h3-16,27H,1-2H3,(H2,24,28,29)/b13-12-,25-20+. The summed E-state index contributed by atoms with van der Waals surface area (Å²) in [5.74, 6) is 0.364. The van der Waals surface area contributed by atoms with Crippen LogP contribution in [0.15, 0.2) is 88.7 Å². The molecular formula is C23H23N5O2. The van der Waals surface area contributed by atoms with Crippen LogP contribution in [0.4, 0.5) is 5.69 Å². The highest BCUT2D eigenvalue weighted by Gasteiger charge is 2.13. The second-order valence-electron chi connectivity index (χ2n) is 6.52. The number of amides is 1. The number of amidine groups is 1. The maximum atomic E-state index is 12.4. The molecule has 1 aromatic heterocycles. The quantitative estimate of drug-likeness (QED) is 0.412. The summed E-state index contributed by atoms with van der Waals surface area (Å²) < 4.78 is 5.26. The molecule has 2 aromatic carbocycles. The number of carbonyl (C=O) groups excluding carboxylic acids is 1. The molecule has 3 N–H and O–H groups in total. The van der Waals surface area contributed by atoms with Gasteiger partial charge in [-0.25, -0.2) is 4.98 Å². The van der Waals surface area contributed by atoms with Crippen molar-refractivity contribution >= 4 is 23.1 Å². The fourth-order valence-corrected chi connectivity index (χ4v) is 2.76. The molecule has 3 aromatic rings. The van der Waals surface area contributed by atoms with Crippen molar-refractivity contribution in [3.8, 4) is 11.3 Å². The van der Waals surface area contributed by atoms with Gasteiger partial charge in [-0.3, -0.25) is 15.2 Å². The minimum absolute atomic E-state index is 0.00796. The number of hydrogen-bond acceptors (Lipinski definition) is 6. The van der Waals surface area contributed by atoms with E-state index in [1.165, 1.54) is 12.5 Å². The van der Waals surface area contributed by atoms with Gasteiger partial charge in [-0.2, -0.15) is 0 Å². The number of carbonyl (C=O) groups is 1. The van der Waals surface area contributed by atoms with Gasteiger partial charge in [0, 0.05) is 18.3 Å². The lowest BCUT2D eigenvalue weighted by molar-refractivity contribution is -0.120. The van der Waals surface area contributed by atoms with Gasteiger partial charge in [0.2, 0.25) is 5.91 Å². The Morgan fingerprint density at radius 3 is 2.50 bits per heavy atom. The van der Waals surface area contributed by atoms with Crippen molar-refractivity contribution in [1.82, 2.24) is 10.3 Å². The molecule has 0 fully saturated rings. The van der Waals surface area contributed by atoms with Gasteiger partial charge in [0.1, 0.15) is 11.9 Å². The third-order valence-electron chi connectivity index (χ3n) is 4.35. The maximum absolute atomic E-state index is 12.4. The number of rotatable bonds is 7. The molecule has 0 bridgehead atoms. The van der Waals surface area contributed by atoms with Crippen molar-refractivity contribution < 1.29 is 9.21 Å². The van der Waals surface area contributed by atoms with Crippen LogP contribution in [0.1, 0.15) is 12.5 Å². The van der Waals surface area contributed by atoms with E-state index in [1.807, 2.05) is 54.6 Å². The Labute approximate surface area is 175 Å². The molecule has 0 radical (unpaired) electrons. The summed E-state index contributed by atoms with van der Waals surface area (Å²) >= 11 is 0. The number of aliphatic imine (C=N–C) groups is 1. The van der Waals surface area contributed by atoms with E-state index in [0.717, 1.165) is 22.5 Å². The highest BCUT2D eigenvalue weighted by molar-refractivity contribution is 6.13. The lowest BCUT2D eigenvalue weighted by atomic mass is 10.1. The summed E-state index contributed by atoms with van der Waals surface area (Å²) in [5, 5.41) is 13.7. The van der Waals surface area contributed by atoms with Crippen LogP contribution in [0, 0.1) is 5.41 Å². The van der Waals surface area contributed by atoms with E-state index in [0.29, 0.717) is 5.76 Å². The normalized spacial score (nSPS) is 12.5. The van der Waals surface area contributed by atoms with Gasteiger partial charge < -0.3 is 15.1 Å². The Bertz CT molecular complexity index is 1040. The predicted octanol–water partition coefficient (Wildman–Crippen LogP) is 3.91. The fourth-order valence-electron chi connectivity index (χ4n) is 2.76. The van der Waals surface area contributed by atoms with Crippen molar-refractivity contribution in [3.63, 3.8) is 0 Å². The zero-order valence-corrected chi connectivity index (χ0v) is 16.8. The Hall–Kier alpha value is -4.00. The highest BCUT2D eigenvalue weighted by atomic mass is 16.3. The van der Waals surface area contributed by atoms with Crippen LogP contribution >= 0.6 is 0 Å². The Kier molecular flexibility index (Phi) is 6.89. The molecule has 1 amide bonds. The minimum atomic E-state index is -0.525. The molecule has 0 aliphatic heterocycles. The Morgan fingerprint density at radius 2 is 1.87 bits per heavy atom. The van der Waals surface area contributed by atoms with Gasteiger partial charge >= 0.3 is 0 Å². The summed E-state index contributed by atoms with van der Waals surface area (Å²) in [6, 6.07) is 16.6. The van der Waals surface area contributed by atoms with E-state index in [9.17, 15) is 4.79 Å². The van der Waals surface area contributed by atoms with Gasteiger partial charge in [0.05, 0.1) is 11.9 Å². The summed E-state index contributed by atoms with van der Waals surface area (Å²) in [6.07, 6.45) is 6.25. The number of nitrogens with zero attached hydrogens (tertiary/aromatic N) is 2. The smallest absolute Gasteiger partial charge is 0.247 e. The molecule has 30 heavy (non-hydrogen) atoms. The molecule has 0 spiro atoms. The second kappa shape index (κ2) is 9.97. The van der Waals surface area contributed by atoms with Gasteiger partial charge in [0.15, 0.2) is 12.2 Å². The van der Waals surface area contributed by atoms with E-state index in [2.05, 4.69) is 20.6 Å². The minimum Gasteiger partial charge on any atom is -0.444 e. The molecule has 0 aliphatic rings. The second-order valence-corrected chi connectivity index (χ2v) is 6.52. The molecule has 1 unspecified atom stereocenters. The van der Waals surface area contributed by atoms with E-state index >= 15 is 0 Å². The first-order valence-corrected chi connectivity index (χ1v) is 9.42. The highest BCUT2D eigenvalue weighted by Crippen LogP contribution is 2.21. The van der Waals surface area contributed by atoms with E-state index in [-0.39, 0.29) is 11.7 Å². The monoisotopic (exact) mass is 401 g/mol. The zero-order valence-electron chi connectivity index (χ0n) is 16.8. The fraction of sp³-hybridized carbons (Fsp3) is 0.130. The molecule has 7 nitrogen and oxygen atoms in total. The van der Waals surface area contributed by atoms with Gasteiger partial charge in [-0.05, 0) is 48.9 Å². The molecule has 152 valence electrons. The molecule has 7 heteroatoms. The van der Waals surface area contributed by atoms with Crippen LogP contribution < -0.4 is 10.6 Å². The van der Waals surface area contributed by atoms with Crippen LogP contribution in [0.3, 0.4) is 0 Å². The Morgan fingerprint density at radius 1 is 1.13 bits per heavy atom. The van der Waals surface area contributed by atoms with Gasteiger partial charge in [-0.15, -0.1) is 0 Å². The van der Waals surface area contributed by atoms with Crippen molar-refractivity contribution in [3.05, 3.63) is 84.9 Å². The average molecular weight is 401 g/mol. The number of aromatic nitrogens is 1. The van der Waals surface area contributed by atoms with E-state index in [4.69, 9.17) is 9.83 Å². The number of anilines is 1. The first-order valence-electron chi connectivity index (χ1n) is 9.42. The van der Waals surface area contributed by atoms with Crippen LogP contribution in [-0.4, -0.2) is 35.5 Å². The van der Waals surface area contributed by atoms with E-state index < -0.39 is 6.04 Å². The number of hydrogen-bond donors (Lipinski definition) is 3. The van der Waals surface area contributed by atoms with Crippen molar-refractivity contribution in [2.24, 2.45) is 4.99 Å². The summed E-state index contributed by atoms with van der Waals surface area (Å²) in [6.45, 7) is 1.74. The third-order valence-corrected chi connectivity index (χ3v) is 4.35. The number of benzene rings is 2. The van der Waals surface area contributed by atoms with Crippen LogP contribution in [-0.2, 0) is 4.79 Å². The molecule has 0 aliphatic carbocycles. The predicted molar refractivity (Wildman–Crippen MR) is 119 cm³/mol. The summed E-state index contributed by atoms with van der Waals surface area (Å²) in [5.41, 5.74) is 3.35.